The van der Waals surface area contributed by atoms with Crippen LogP contribution in [0.15, 0.2) is 12.1 Å². The lowest BCUT2D eigenvalue weighted by Gasteiger charge is -2.28. The van der Waals surface area contributed by atoms with E-state index in [4.69, 9.17) is 27.9 Å². The van der Waals surface area contributed by atoms with Crippen molar-refractivity contribution in [3.05, 3.63) is 39.1 Å². The lowest BCUT2D eigenvalue weighted by molar-refractivity contribution is 0.274. The molecule has 0 bridgehead atoms. The number of hydrogen-bond donors (Lipinski definition) is 2. The number of aromatic nitrogens is 2. The first-order chi connectivity index (χ1) is 9.56. The van der Waals surface area contributed by atoms with E-state index in [-0.39, 0.29) is 6.04 Å². The van der Waals surface area contributed by atoms with E-state index in [1.54, 1.807) is 6.07 Å². The molecule has 106 valence electrons. The SMILES string of the molecule is Cc1n[nH]c(C)c1NC1CCOc2c(Cl)cc(Cl)cc21. The number of halogens is 2. The molecule has 1 aromatic heterocycles. The molecule has 0 radical (unpaired) electrons. The molecule has 2 heterocycles. The van der Waals surface area contributed by atoms with E-state index in [0.717, 1.165) is 34.8 Å². The Kier molecular flexibility index (Phi) is 3.52. The van der Waals surface area contributed by atoms with Crippen molar-refractivity contribution in [2.75, 3.05) is 11.9 Å². The van der Waals surface area contributed by atoms with Gasteiger partial charge in [-0.1, -0.05) is 23.2 Å². The minimum absolute atomic E-state index is 0.116. The highest BCUT2D eigenvalue weighted by Crippen LogP contribution is 2.41. The Balaban J connectivity index is 1.98. The largest absolute Gasteiger partial charge is 0.492 e. The van der Waals surface area contributed by atoms with Gasteiger partial charge in [-0.2, -0.15) is 5.10 Å². The van der Waals surface area contributed by atoms with Crippen LogP contribution in [-0.4, -0.2) is 16.8 Å². The van der Waals surface area contributed by atoms with Gasteiger partial charge >= 0.3 is 0 Å². The van der Waals surface area contributed by atoms with Crippen LogP contribution in [-0.2, 0) is 0 Å². The minimum Gasteiger partial charge on any atom is -0.492 e. The van der Waals surface area contributed by atoms with Crippen molar-refractivity contribution < 1.29 is 4.74 Å². The summed E-state index contributed by atoms with van der Waals surface area (Å²) in [4.78, 5) is 0. The summed E-state index contributed by atoms with van der Waals surface area (Å²) in [6.07, 6.45) is 0.855. The van der Waals surface area contributed by atoms with E-state index in [2.05, 4.69) is 15.5 Å². The summed E-state index contributed by atoms with van der Waals surface area (Å²) in [6.45, 7) is 4.59. The van der Waals surface area contributed by atoms with Crippen molar-refractivity contribution in [1.82, 2.24) is 10.2 Å². The molecule has 1 aliphatic rings. The van der Waals surface area contributed by atoms with Gasteiger partial charge in [0.05, 0.1) is 34.7 Å². The maximum Gasteiger partial charge on any atom is 0.143 e. The van der Waals surface area contributed by atoms with E-state index in [1.165, 1.54) is 0 Å². The number of rotatable bonds is 2. The first kappa shape index (κ1) is 13.6. The smallest absolute Gasteiger partial charge is 0.143 e. The first-order valence-electron chi connectivity index (χ1n) is 6.46. The summed E-state index contributed by atoms with van der Waals surface area (Å²) in [5.74, 6) is 0.721. The van der Waals surface area contributed by atoms with Crippen LogP contribution in [0.2, 0.25) is 10.0 Å². The Morgan fingerprint density at radius 2 is 2.15 bits per heavy atom. The van der Waals surface area contributed by atoms with Crippen LogP contribution in [0.3, 0.4) is 0 Å². The fourth-order valence-corrected chi connectivity index (χ4v) is 3.08. The van der Waals surface area contributed by atoms with Gasteiger partial charge in [-0.25, -0.2) is 0 Å². The second-order valence-electron chi connectivity index (χ2n) is 4.95. The van der Waals surface area contributed by atoms with Gasteiger partial charge in [-0.3, -0.25) is 5.10 Å². The van der Waals surface area contributed by atoms with Gasteiger partial charge in [0.1, 0.15) is 5.75 Å². The number of benzene rings is 1. The predicted molar refractivity (Wildman–Crippen MR) is 81.0 cm³/mol. The molecule has 1 aliphatic heterocycles. The molecule has 2 aromatic rings. The molecule has 1 atom stereocenters. The number of anilines is 1. The van der Waals surface area contributed by atoms with Crippen molar-refractivity contribution in [2.45, 2.75) is 26.3 Å². The summed E-state index contributed by atoms with van der Waals surface area (Å²) in [5, 5.41) is 11.9. The summed E-state index contributed by atoms with van der Waals surface area (Å²) >= 11 is 12.3. The standard InChI is InChI=1S/C14H15Cl2N3O/c1-7-13(8(2)19-18-7)17-12-3-4-20-14-10(12)5-9(15)6-11(14)16/h5-6,12,17H,3-4H2,1-2H3,(H,18,19). The van der Waals surface area contributed by atoms with Crippen molar-refractivity contribution in [3.63, 3.8) is 0 Å². The second-order valence-corrected chi connectivity index (χ2v) is 5.79. The predicted octanol–water partition coefficient (Wildman–Crippen LogP) is 4.27. The van der Waals surface area contributed by atoms with Crippen LogP contribution in [0, 0.1) is 13.8 Å². The van der Waals surface area contributed by atoms with Gasteiger partial charge in [0.25, 0.3) is 0 Å². The highest BCUT2D eigenvalue weighted by Gasteiger charge is 2.25. The molecule has 0 fully saturated rings. The second kappa shape index (κ2) is 5.19. The fourth-order valence-electron chi connectivity index (χ4n) is 2.51. The highest BCUT2D eigenvalue weighted by molar-refractivity contribution is 6.35. The van der Waals surface area contributed by atoms with Crippen molar-refractivity contribution in [1.29, 1.82) is 0 Å². The number of fused-ring (bicyclic) bond motifs is 1. The van der Waals surface area contributed by atoms with Crippen LogP contribution >= 0.6 is 23.2 Å². The number of aromatic amines is 1. The van der Waals surface area contributed by atoms with Crippen LogP contribution < -0.4 is 10.1 Å². The van der Waals surface area contributed by atoms with E-state index in [1.807, 2.05) is 19.9 Å². The average Bonchev–Trinajstić information content (AvgIpc) is 2.71. The molecule has 0 spiro atoms. The van der Waals surface area contributed by atoms with Gasteiger partial charge in [0.2, 0.25) is 0 Å². The van der Waals surface area contributed by atoms with Crippen LogP contribution in [0.4, 0.5) is 5.69 Å². The van der Waals surface area contributed by atoms with Crippen LogP contribution in [0.5, 0.6) is 5.75 Å². The quantitative estimate of drug-likeness (QED) is 0.870. The van der Waals surface area contributed by atoms with Gasteiger partial charge in [0.15, 0.2) is 0 Å². The molecule has 20 heavy (non-hydrogen) atoms. The van der Waals surface area contributed by atoms with Crippen molar-refractivity contribution in [2.24, 2.45) is 0 Å². The van der Waals surface area contributed by atoms with Crippen molar-refractivity contribution in [3.8, 4) is 5.75 Å². The normalized spacial score (nSPS) is 17.5. The molecule has 0 amide bonds. The molecule has 6 heteroatoms. The lowest BCUT2D eigenvalue weighted by atomic mass is 10.00. The summed E-state index contributed by atoms with van der Waals surface area (Å²) in [5.41, 5.74) is 3.99. The first-order valence-corrected chi connectivity index (χ1v) is 7.21. The van der Waals surface area contributed by atoms with Gasteiger partial charge in [0, 0.05) is 17.0 Å². The average molecular weight is 312 g/mol. The summed E-state index contributed by atoms with van der Waals surface area (Å²) in [6, 6.07) is 3.73. The third-order valence-corrected chi connectivity index (χ3v) is 4.01. The molecule has 0 saturated heterocycles. The maximum absolute atomic E-state index is 6.20. The zero-order chi connectivity index (χ0) is 14.3. The van der Waals surface area contributed by atoms with Crippen LogP contribution in [0.1, 0.15) is 29.4 Å². The Morgan fingerprint density at radius 1 is 1.35 bits per heavy atom. The van der Waals surface area contributed by atoms with Crippen LogP contribution in [0.25, 0.3) is 0 Å². The van der Waals surface area contributed by atoms with E-state index in [0.29, 0.717) is 16.7 Å². The molecule has 0 saturated carbocycles. The topological polar surface area (TPSA) is 49.9 Å². The minimum atomic E-state index is 0.116. The molecule has 2 N–H and O–H groups in total. The van der Waals surface area contributed by atoms with Crippen molar-refractivity contribution >= 4 is 28.9 Å². The highest BCUT2D eigenvalue weighted by atomic mass is 35.5. The number of nitrogens with one attached hydrogen (secondary N) is 2. The monoisotopic (exact) mass is 311 g/mol. The third-order valence-electron chi connectivity index (χ3n) is 3.51. The van der Waals surface area contributed by atoms with Gasteiger partial charge in [-0.05, 0) is 26.0 Å². The third kappa shape index (κ3) is 2.34. The zero-order valence-electron chi connectivity index (χ0n) is 11.3. The fraction of sp³-hybridized carbons (Fsp3) is 0.357. The Labute approximate surface area is 127 Å². The zero-order valence-corrected chi connectivity index (χ0v) is 12.8. The Morgan fingerprint density at radius 3 is 2.85 bits per heavy atom. The van der Waals surface area contributed by atoms with E-state index < -0.39 is 0 Å². The molecular weight excluding hydrogens is 297 g/mol. The molecular formula is C14H15Cl2N3O. The lowest BCUT2D eigenvalue weighted by Crippen LogP contribution is -2.21. The van der Waals surface area contributed by atoms with E-state index >= 15 is 0 Å². The van der Waals surface area contributed by atoms with Gasteiger partial charge in [-0.15, -0.1) is 0 Å². The van der Waals surface area contributed by atoms with E-state index in [9.17, 15) is 0 Å². The summed E-state index contributed by atoms with van der Waals surface area (Å²) < 4.78 is 5.67. The molecule has 0 aliphatic carbocycles. The molecule has 1 aromatic carbocycles. The number of ether oxygens (including phenoxy) is 1. The maximum atomic E-state index is 6.20. The molecule has 4 nitrogen and oxygen atoms in total. The molecule has 3 rings (SSSR count). The summed E-state index contributed by atoms with van der Waals surface area (Å²) in [7, 11) is 0. The molecule has 1 unspecified atom stereocenters. The Hall–Kier alpha value is -1.39. The number of aryl methyl sites for hydroxylation is 2. The Bertz CT molecular complexity index is 635. The number of nitrogens with zero attached hydrogens (tertiary/aromatic N) is 1. The van der Waals surface area contributed by atoms with Gasteiger partial charge < -0.3 is 10.1 Å². The number of hydrogen-bond acceptors (Lipinski definition) is 3. The number of H-pyrrole nitrogens is 1.